The predicted octanol–water partition coefficient (Wildman–Crippen LogP) is 5.96. The lowest BCUT2D eigenvalue weighted by molar-refractivity contribution is 0.120. The van der Waals surface area contributed by atoms with Crippen molar-refractivity contribution in [2.24, 2.45) is 5.16 Å². The molecule has 0 spiro atoms. The molecule has 4 nitrogen and oxygen atoms in total. The summed E-state index contributed by atoms with van der Waals surface area (Å²) < 4.78 is 6.41. The number of hydrogen-bond donors (Lipinski definition) is 0. The van der Waals surface area contributed by atoms with Gasteiger partial charge in [0.15, 0.2) is 11.9 Å². The average Bonchev–Trinajstić information content (AvgIpc) is 3.31. The van der Waals surface area contributed by atoms with E-state index >= 15 is 0 Å². The van der Waals surface area contributed by atoms with E-state index in [9.17, 15) is 0 Å². The number of oxime groups is 1. The largest absolute Gasteiger partial charge is 0.388 e. The molecule has 26 heavy (non-hydrogen) atoms. The van der Waals surface area contributed by atoms with Crippen molar-refractivity contribution in [1.29, 1.82) is 0 Å². The topological polar surface area (TPSA) is 47.6 Å². The minimum Gasteiger partial charge on any atom is -0.388 e. The van der Waals surface area contributed by atoms with Crippen molar-refractivity contribution in [2.45, 2.75) is 12.5 Å². The molecule has 0 N–H and O–H groups in total. The van der Waals surface area contributed by atoms with E-state index in [0.717, 1.165) is 33.4 Å². The molecule has 3 aromatic rings. The fraction of sp³-hybridized carbons (Fsp3) is 0.100. The van der Waals surface area contributed by atoms with E-state index < -0.39 is 0 Å². The van der Waals surface area contributed by atoms with Crippen LogP contribution in [0.15, 0.2) is 74.8 Å². The van der Waals surface area contributed by atoms with Crippen LogP contribution >= 0.6 is 27.5 Å². The summed E-state index contributed by atoms with van der Waals surface area (Å²) in [5.41, 5.74) is 3.72. The molecule has 2 heterocycles. The third-order valence-electron chi connectivity index (χ3n) is 4.01. The Balaban J connectivity index is 1.40. The van der Waals surface area contributed by atoms with Gasteiger partial charge < -0.3 is 9.36 Å². The van der Waals surface area contributed by atoms with E-state index in [4.69, 9.17) is 21.0 Å². The number of hydrogen-bond acceptors (Lipinski definition) is 4. The molecule has 0 aliphatic carbocycles. The van der Waals surface area contributed by atoms with Gasteiger partial charge in [-0.05, 0) is 42.0 Å². The van der Waals surface area contributed by atoms with Crippen molar-refractivity contribution in [3.63, 3.8) is 0 Å². The van der Waals surface area contributed by atoms with E-state index in [1.165, 1.54) is 0 Å². The summed E-state index contributed by atoms with van der Waals surface area (Å²) in [6.07, 6.45) is 4.40. The zero-order chi connectivity index (χ0) is 17.9. The Bertz CT molecular complexity index is 962. The summed E-state index contributed by atoms with van der Waals surface area (Å²) in [7, 11) is 0. The first-order valence-corrected chi connectivity index (χ1v) is 9.24. The van der Waals surface area contributed by atoms with Crippen molar-refractivity contribution in [1.82, 2.24) is 5.16 Å². The molecule has 1 aromatic heterocycles. The van der Waals surface area contributed by atoms with Gasteiger partial charge in [0.05, 0.1) is 5.71 Å². The highest BCUT2D eigenvalue weighted by Crippen LogP contribution is 2.23. The zero-order valence-corrected chi connectivity index (χ0v) is 15.9. The predicted molar refractivity (Wildman–Crippen MR) is 106 cm³/mol. The van der Waals surface area contributed by atoms with Gasteiger partial charge in [-0.1, -0.05) is 62.1 Å². The van der Waals surface area contributed by atoms with Gasteiger partial charge in [0.25, 0.3) is 0 Å². The van der Waals surface area contributed by atoms with Gasteiger partial charge in [0, 0.05) is 27.5 Å². The number of rotatable bonds is 4. The van der Waals surface area contributed by atoms with Crippen LogP contribution in [0.5, 0.6) is 0 Å². The van der Waals surface area contributed by atoms with Crippen LogP contribution in [0.2, 0.25) is 5.02 Å². The molecule has 0 fully saturated rings. The van der Waals surface area contributed by atoms with Crippen LogP contribution in [0.1, 0.15) is 17.7 Å². The SMILES string of the molecule is Clc1ccc(-c2cc(/C=C/C3CC(c4ccc(Br)cc4)=NO3)on2)cc1. The van der Waals surface area contributed by atoms with Gasteiger partial charge in [-0.3, -0.25) is 0 Å². The monoisotopic (exact) mass is 428 g/mol. The Kier molecular flexibility index (Phi) is 4.91. The second-order valence-corrected chi connectivity index (χ2v) is 7.23. The number of aromatic nitrogens is 1. The summed E-state index contributed by atoms with van der Waals surface area (Å²) in [5.74, 6) is 0.663. The Morgan fingerprint density at radius 2 is 1.77 bits per heavy atom. The smallest absolute Gasteiger partial charge is 0.160 e. The lowest BCUT2D eigenvalue weighted by Crippen LogP contribution is -2.04. The van der Waals surface area contributed by atoms with E-state index in [1.807, 2.05) is 66.7 Å². The molecule has 1 aliphatic rings. The fourth-order valence-corrected chi connectivity index (χ4v) is 3.03. The molecular weight excluding hydrogens is 416 g/mol. The van der Waals surface area contributed by atoms with E-state index in [2.05, 4.69) is 26.2 Å². The van der Waals surface area contributed by atoms with Crippen LogP contribution in [-0.4, -0.2) is 17.0 Å². The first kappa shape index (κ1) is 17.1. The average molecular weight is 430 g/mol. The van der Waals surface area contributed by atoms with Crippen LogP contribution in [0.25, 0.3) is 17.3 Å². The normalized spacial score (nSPS) is 16.7. The molecule has 6 heteroatoms. The van der Waals surface area contributed by atoms with Gasteiger partial charge in [0.1, 0.15) is 5.69 Å². The molecule has 0 saturated heterocycles. The second-order valence-electron chi connectivity index (χ2n) is 5.87. The van der Waals surface area contributed by atoms with Crippen molar-refractivity contribution in [3.05, 3.63) is 81.5 Å². The maximum Gasteiger partial charge on any atom is 0.160 e. The highest BCUT2D eigenvalue weighted by atomic mass is 79.9. The van der Waals surface area contributed by atoms with E-state index in [1.54, 1.807) is 0 Å². The number of nitrogens with zero attached hydrogens (tertiary/aromatic N) is 2. The minimum atomic E-state index is -0.113. The number of halogens is 2. The summed E-state index contributed by atoms with van der Waals surface area (Å²) in [4.78, 5) is 5.49. The minimum absolute atomic E-state index is 0.113. The Morgan fingerprint density at radius 1 is 1.04 bits per heavy atom. The highest BCUT2D eigenvalue weighted by molar-refractivity contribution is 9.10. The van der Waals surface area contributed by atoms with Crippen LogP contribution in [0.3, 0.4) is 0 Å². The Hall–Kier alpha value is -2.37. The molecule has 1 unspecified atom stereocenters. The molecule has 0 amide bonds. The van der Waals surface area contributed by atoms with Crippen molar-refractivity contribution < 1.29 is 9.36 Å². The number of benzene rings is 2. The second kappa shape index (κ2) is 7.48. The summed E-state index contributed by atoms with van der Waals surface area (Å²) in [6, 6.07) is 17.4. The van der Waals surface area contributed by atoms with Crippen molar-refractivity contribution in [3.8, 4) is 11.3 Å². The molecule has 1 atom stereocenters. The first-order chi connectivity index (χ1) is 12.7. The third-order valence-corrected chi connectivity index (χ3v) is 4.79. The Morgan fingerprint density at radius 3 is 2.54 bits per heavy atom. The molecule has 1 aliphatic heterocycles. The summed E-state index contributed by atoms with van der Waals surface area (Å²) in [5, 5.41) is 8.96. The molecule has 0 saturated carbocycles. The molecule has 0 bridgehead atoms. The molecule has 0 radical (unpaired) electrons. The third kappa shape index (κ3) is 3.89. The quantitative estimate of drug-likeness (QED) is 0.514. The molecule has 2 aromatic carbocycles. The van der Waals surface area contributed by atoms with Gasteiger partial charge >= 0.3 is 0 Å². The van der Waals surface area contributed by atoms with E-state index in [0.29, 0.717) is 10.8 Å². The van der Waals surface area contributed by atoms with Gasteiger partial charge in [-0.25, -0.2) is 0 Å². The Labute approximate surface area is 164 Å². The first-order valence-electron chi connectivity index (χ1n) is 8.07. The van der Waals surface area contributed by atoms with Crippen molar-refractivity contribution in [2.75, 3.05) is 0 Å². The van der Waals surface area contributed by atoms with E-state index in [-0.39, 0.29) is 6.10 Å². The highest BCUT2D eigenvalue weighted by Gasteiger charge is 2.20. The molecule has 4 rings (SSSR count). The van der Waals surface area contributed by atoms with Gasteiger partial charge in [-0.15, -0.1) is 0 Å². The standard InChI is InChI=1S/C20H14BrClN2O2/c21-15-5-1-13(2-6-15)19-11-17(25-23-19)9-10-18-12-20(24-26-18)14-3-7-16(22)8-4-14/h1-10,12,17H,11H2/b10-9+. The van der Waals surface area contributed by atoms with Crippen LogP contribution < -0.4 is 0 Å². The van der Waals surface area contributed by atoms with Crippen LogP contribution in [0, 0.1) is 0 Å². The maximum atomic E-state index is 5.91. The van der Waals surface area contributed by atoms with Gasteiger partial charge in [-0.2, -0.15) is 0 Å². The lowest BCUT2D eigenvalue weighted by atomic mass is 10.0. The maximum absolute atomic E-state index is 5.91. The lowest BCUT2D eigenvalue weighted by Gasteiger charge is -2.00. The summed E-state index contributed by atoms with van der Waals surface area (Å²) in [6.45, 7) is 0. The zero-order valence-electron chi connectivity index (χ0n) is 13.6. The fourth-order valence-electron chi connectivity index (χ4n) is 2.64. The van der Waals surface area contributed by atoms with Crippen LogP contribution in [-0.2, 0) is 4.84 Å². The van der Waals surface area contributed by atoms with Crippen LogP contribution in [0.4, 0.5) is 0 Å². The van der Waals surface area contributed by atoms with Gasteiger partial charge in [0.2, 0.25) is 0 Å². The van der Waals surface area contributed by atoms with Crippen molar-refractivity contribution >= 4 is 39.3 Å². The molecule has 130 valence electrons. The summed E-state index contributed by atoms with van der Waals surface area (Å²) >= 11 is 9.34. The molecular formula is C20H14BrClN2O2.